The lowest BCUT2D eigenvalue weighted by atomic mass is 10.0. The average molecular weight is 779 g/mol. The van der Waals surface area contributed by atoms with Crippen LogP contribution < -0.4 is 25.5 Å². The number of nitrogens with one attached hydrogen (secondary N) is 2. The molecule has 0 aliphatic carbocycles. The Labute approximate surface area is 336 Å². The smallest absolute Gasteiger partial charge is 0.291 e. The molecule has 2 amide bonds. The Morgan fingerprint density at radius 2 is 1.55 bits per heavy atom. The summed E-state index contributed by atoms with van der Waals surface area (Å²) in [4.78, 5) is 47.1. The predicted octanol–water partition coefficient (Wildman–Crippen LogP) is 8.27. The summed E-state index contributed by atoms with van der Waals surface area (Å²) in [7, 11) is 4.86. The highest BCUT2D eigenvalue weighted by Crippen LogP contribution is 2.34. The Morgan fingerprint density at radius 3 is 2.31 bits per heavy atom. The Hall–Kier alpha value is -6.79. The van der Waals surface area contributed by atoms with Crippen molar-refractivity contribution in [2.45, 2.75) is 46.2 Å². The molecule has 7 aromatic rings. The molecule has 12 nitrogen and oxygen atoms in total. The zero-order valence-electron chi connectivity index (χ0n) is 33.5. The largest absolute Gasteiger partial charge is 0.493 e. The number of ether oxygens (including phenoxy) is 2. The van der Waals surface area contributed by atoms with Crippen molar-refractivity contribution in [3.63, 3.8) is 0 Å². The molecule has 0 aliphatic heterocycles. The summed E-state index contributed by atoms with van der Waals surface area (Å²) in [5.74, 6) is -0.426. The van der Waals surface area contributed by atoms with Crippen LogP contribution in [0.15, 0.2) is 113 Å². The van der Waals surface area contributed by atoms with Gasteiger partial charge in [0, 0.05) is 62.3 Å². The van der Waals surface area contributed by atoms with Crippen molar-refractivity contribution in [1.29, 1.82) is 0 Å². The van der Waals surface area contributed by atoms with Gasteiger partial charge in [-0.25, -0.2) is 0 Å². The molecule has 0 unspecified atom stereocenters. The molecule has 0 saturated carbocycles. The van der Waals surface area contributed by atoms with Crippen molar-refractivity contribution >= 4 is 45.1 Å². The number of aryl methyl sites for hydroxylation is 2. The van der Waals surface area contributed by atoms with Crippen molar-refractivity contribution < 1.29 is 23.5 Å². The van der Waals surface area contributed by atoms with Crippen LogP contribution >= 0.6 is 0 Å². The third kappa shape index (κ3) is 8.92. The lowest BCUT2D eigenvalue weighted by Gasteiger charge is -2.23. The number of carbonyl (C=O) groups excluding carboxylic acids is 2. The van der Waals surface area contributed by atoms with E-state index in [-0.39, 0.29) is 28.0 Å². The number of rotatable bonds is 14. The first-order valence-electron chi connectivity index (χ1n) is 19.1. The Bertz CT molecular complexity index is 2680. The molecule has 0 saturated heterocycles. The van der Waals surface area contributed by atoms with Gasteiger partial charge in [-0.1, -0.05) is 49.7 Å². The SMILES string of the molecule is COc1cc(NC(=O)c2cc(=O)c3cc(C)ccc3o2)c(C(=O)Nc2ccc(CCN(Cc3cncc(C(C)C)c3)Cc3ccc4c(cnn4C)c3)cc2)cc1OC. The fourth-order valence-corrected chi connectivity index (χ4v) is 6.93. The highest BCUT2D eigenvalue weighted by molar-refractivity contribution is 6.12. The number of pyridine rings is 1. The summed E-state index contributed by atoms with van der Waals surface area (Å²) >= 11 is 0. The number of methoxy groups -OCH3 is 2. The van der Waals surface area contributed by atoms with Crippen molar-refractivity contribution in [3.05, 3.63) is 153 Å². The number of amides is 2. The summed E-state index contributed by atoms with van der Waals surface area (Å²) in [6, 6.07) is 25.7. The third-order valence-corrected chi connectivity index (χ3v) is 10.2. The first-order chi connectivity index (χ1) is 28.0. The van der Waals surface area contributed by atoms with Gasteiger partial charge in [0.15, 0.2) is 22.7 Å². The number of hydrogen-bond acceptors (Lipinski definition) is 9. The molecule has 3 aromatic heterocycles. The summed E-state index contributed by atoms with van der Waals surface area (Å²) < 4.78 is 18.6. The van der Waals surface area contributed by atoms with Crippen molar-refractivity contribution in [2.24, 2.45) is 7.05 Å². The lowest BCUT2D eigenvalue weighted by Crippen LogP contribution is -2.25. The zero-order chi connectivity index (χ0) is 40.9. The third-order valence-electron chi connectivity index (χ3n) is 10.2. The predicted molar refractivity (Wildman–Crippen MR) is 226 cm³/mol. The van der Waals surface area contributed by atoms with Crippen molar-refractivity contribution in [3.8, 4) is 11.5 Å². The second-order valence-corrected chi connectivity index (χ2v) is 14.7. The van der Waals surface area contributed by atoms with Crippen LogP contribution in [0, 0.1) is 6.92 Å². The van der Waals surface area contributed by atoms with Crippen molar-refractivity contribution in [1.82, 2.24) is 19.7 Å². The van der Waals surface area contributed by atoms with Crippen LogP contribution in [0.2, 0.25) is 0 Å². The minimum atomic E-state index is -0.708. The van der Waals surface area contributed by atoms with Gasteiger partial charge < -0.3 is 24.5 Å². The molecule has 4 aromatic carbocycles. The van der Waals surface area contributed by atoms with Gasteiger partial charge in [0.25, 0.3) is 11.8 Å². The van der Waals surface area contributed by atoms with Gasteiger partial charge in [-0.15, -0.1) is 0 Å². The van der Waals surface area contributed by atoms with Gasteiger partial charge in [0.2, 0.25) is 0 Å². The molecular formula is C46H46N6O6. The molecule has 0 atom stereocenters. The first kappa shape index (κ1) is 39.4. The molecule has 3 heterocycles. The van der Waals surface area contributed by atoms with E-state index in [1.165, 1.54) is 37.5 Å². The first-order valence-corrected chi connectivity index (χ1v) is 19.1. The van der Waals surface area contributed by atoms with Crippen LogP contribution in [0.4, 0.5) is 11.4 Å². The monoisotopic (exact) mass is 778 g/mol. The van der Waals surface area contributed by atoms with Gasteiger partial charge >= 0.3 is 0 Å². The van der Waals surface area contributed by atoms with Gasteiger partial charge in [-0.3, -0.25) is 28.9 Å². The second kappa shape index (κ2) is 17.1. The average Bonchev–Trinajstić information content (AvgIpc) is 3.59. The molecule has 0 bridgehead atoms. The van der Waals surface area contributed by atoms with Crippen LogP contribution in [0.3, 0.4) is 0 Å². The van der Waals surface area contributed by atoms with E-state index in [2.05, 4.69) is 63.7 Å². The summed E-state index contributed by atoms with van der Waals surface area (Å²) in [5.41, 5.74) is 7.41. The van der Waals surface area contributed by atoms with Crippen LogP contribution in [0.5, 0.6) is 11.5 Å². The van der Waals surface area contributed by atoms with Crippen LogP contribution in [0.1, 0.15) is 68.5 Å². The van der Waals surface area contributed by atoms with E-state index < -0.39 is 11.8 Å². The highest BCUT2D eigenvalue weighted by Gasteiger charge is 2.21. The van der Waals surface area contributed by atoms with E-state index >= 15 is 0 Å². The van der Waals surface area contributed by atoms with Gasteiger partial charge in [0.05, 0.1) is 42.6 Å². The zero-order valence-corrected chi connectivity index (χ0v) is 33.5. The highest BCUT2D eigenvalue weighted by atomic mass is 16.5. The second-order valence-electron chi connectivity index (χ2n) is 14.7. The number of fused-ring (bicyclic) bond motifs is 2. The van der Waals surface area contributed by atoms with E-state index in [0.717, 1.165) is 59.7 Å². The summed E-state index contributed by atoms with van der Waals surface area (Å²) in [5, 5.41) is 11.6. The fraction of sp³-hybridized carbons (Fsp3) is 0.239. The van der Waals surface area contributed by atoms with E-state index in [0.29, 0.717) is 28.5 Å². The molecular weight excluding hydrogens is 733 g/mol. The summed E-state index contributed by atoms with van der Waals surface area (Å²) in [6.07, 6.45) is 6.55. The molecule has 0 spiro atoms. The minimum absolute atomic E-state index is 0.116. The Balaban J connectivity index is 1.07. The molecule has 0 fully saturated rings. The molecule has 296 valence electrons. The number of nitrogens with zero attached hydrogens (tertiary/aromatic N) is 4. The quantitative estimate of drug-likeness (QED) is 0.112. The number of hydrogen-bond donors (Lipinski definition) is 2. The Kier molecular flexibility index (Phi) is 11.7. The number of carbonyl (C=O) groups is 2. The Morgan fingerprint density at radius 1 is 0.810 bits per heavy atom. The standard InChI is InChI=1S/C46H46N6O6/c1-28(2)33-19-32(23-47-24-33)27-52(26-31-10-13-39-34(18-31)25-48-51(39)4)16-15-30-8-11-35(12-9-30)49-45(54)36-20-42(56-5)43(57-6)21-38(36)50-46(55)44-22-40(53)37-17-29(3)7-14-41(37)58-44/h7-14,17-25,28H,15-16,26-27H2,1-6H3,(H,49,54)(H,50,55). The van der Waals surface area contributed by atoms with Gasteiger partial charge in [-0.05, 0) is 84.0 Å². The molecule has 2 N–H and O–H groups in total. The molecule has 0 aliphatic rings. The minimum Gasteiger partial charge on any atom is -0.493 e. The fourth-order valence-electron chi connectivity index (χ4n) is 6.93. The van der Waals surface area contributed by atoms with E-state index in [1.54, 1.807) is 18.2 Å². The summed E-state index contributed by atoms with van der Waals surface area (Å²) in [6.45, 7) is 8.49. The maximum Gasteiger partial charge on any atom is 0.291 e. The van der Waals surface area contributed by atoms with E-state index in [4.69, 9.17) is 13.9 Å². The molecule has 12 heteroatoms. The topological polar surface area (TPSA) is 141 Å². The molecule has 0 radical (unpaired) electrons. The van der Waals surface area contributed by atoms with E-state index in [9.17, 15) is 14.4 Å². The van der Waals surface area contributed by atoms with Crippen LogP contribution in [-0.4, -0.2) is 52.2 Å². The molecule has 7 rings (SSSR count). The normalized spacial score (nSPS) is 11.4. The van der Waals surface area contributed by atoms with Gasteiger partial charge in [-0.2, -0.15) is 5.10 Å². The van der Waals surface area contributed by atoms with E-state index in [1.807, 2.05) is 61.5 Å². The number of aromatic nitrogens is 3. The lowest BCUT2D eigenvalue weighted by molar-refractivity contribution is 0.0997. The van der Waals surface area contributed by atoms with Gasteiger partial charge in [0.1, 0.15) is 5.58 Å². The van der Waals surface area contributed by atoms with Crippen LogP contribution in [-0.2, 0) is 26.6 Å². The van der Waals surface area contributed by atoms with Crippen LogP contribution in [0.25, 0.3) is 21.9 Å². The number of anilines is 2. The maximum absolute atomic E-state index is 13.8. The number of benzene rings is 4. The van der Waals surface area contributed by atoms with Crippen molar-refractivity contribution in [2.75, 3.05) is 31.4 Å². The molecule has 58 heavy (non-hydrogen) atoms. The maximum atomic E-state index is 13.8.